The van der Waals surface area contributed by atoms with E-state index in [1.165, 1.54) is 6.20 Å². The minimum atomic E-state index is 0.417. The number of halogens is 2. The van der Waals surface area contributed by atoms with E-state index in [9.17, 15) is 0 Å². The molecule has 2 rings (SSSR count). The van der Waals surface area contributed by atoms with Gasteiger partial charge in [-0.05, 0) is 25.1 Å². The van der Waals surface area contributed by atoms with Gasteiger partial charge in [-0.15, -0.1) is 0 Å². The molecular formula is C12H10Cl2N4. The maximum Gasteiger partial charge on any atom is 0.165 e. The van der Waals surface area contributed by atoms with Gasteiger partial charge >= 0.3 is 0 Å². The van der Waals surface area contributed by atoms with Crippen LogP contribution in [0.5, 0.6) is 0 Å². The summed E-state index contributed by atoms with van der Waals surface area (Å²) in [6, 6.07) is 7.22. The van der Waals surface area contributed by atoms with Gasteiger partial charge in [-0.3, -0.25) is 10.4 Å². The second kappa shape index (κ2) is 5.80. The molecule has 2 aromatic heterocycles. The highest BCUT2D eigenvalue weighted by Crippen LogP contribution is 2.22. The number of rotatable bonds is 3. The van der Waals surface area contributed by atoms with Gasteiger partial charge < -0.3 is 0 Å². The number of pyridine rings is 2. The molecule has 0 aliphatic carbocycles. The van der Waals surface area contributed by atoms with Crippen LogP contribution in [0.3, 0.4) is 0 Å². The first-order chi connectivity index (χ1) is 8.66. The van der Waals surface area contributed by atoms with Crippen LogP contribution < -0.4 is 5.43 Å². The van der Waals surface area contributed by atoms with Crippen molar-refractivity contribution in [1.82, 2.24) is 9.97 Å². The molecule has 0 bridgehead atoms. The van der Waals surface area contributed by atoms with Gasteiger partial charge in [0, 0.05) is 12.4 Å². The van der Waals surface area contributed by atoms with Gasteiger partial charge in [-0.2, -0.15) is 5.10 Å². The third kappa shape index (κ3) is 3.18. The lowest BCUT2D eigenvalue weighted by Crippen LogP contribution is -2.02. The van der Waals surface area contributed by atoms with Gasteiger partial charge in [0.2, 0.25) is 0 Å². The first-order valence-electron chi connectivity index (χ1n) is 5.19. The number of hydrogen-bond donors (Lipinski definition) is 1. The van der Waals surface area contributed by atoms with E-state index >= 15 is 0 Å². The van der Waals surface area contributed by atoms with Crippen LogP contribution in [0.15, 0.2) is 41.8 Å². The van der Waals surface area contributed by atoms with Crippen molar-refractivity contribution in [3.63, 3.8) is 0 Å². The van der Waals surface area contributed by atoms with Gasteiger partial charge in [0.15, 0.2) is 5.82 Å². The monoisotopic (exact) mass is 280 g/mol. The van der Waals surface area contributed by atoms with Crippen molar-refractivity contribution < 1.29 is 0 Å². The summed E-state index contributed by atoms with van der Waals surface area (Å²) < 4.78 is 0. The van der Waals surface area contributed by atoms with Crippen LogP contribution in [0.1, 0.15) is 12.6 Å². The summed E-state index contributed by atoms with van der Waals surface area (Å²) in [5, 5.41) is 5.07. The Morgan fingerprint density at radius 3 is 2.78 bits per heavy atom. The Balaban J connectivity index is 2.15. The van der Waals surface area contributed by atoms with Crippen molar-refractivity contribution in [2.45, 2.75) is 6.92 Å². The fourth-order valence-electron chi connectivity index (χ4n) is 1.27. The molecule has 0 aromatic carbocycles. The summed E-state index contributed by atoms with van der Waals surface area (Å²) in [5.74, 6) is 0.455. The molecule has 0 aliphatic rings. The van der Waals surface area contributed by atoms with Crippen molar-refractivity contribution in [3.05, 3.63) is 52.4 Å². The Hall–Kier alpha value is -1.65. The summed E-state index contributed by atoms with van der Waals surface area (Å²) in [5.41, 5.74) is 4.31. The Labute approximate surface area is 115 Å². The predicted octanol–water partition coefficient (Wildman–Crippen LogP) is 3.62. The Kier molecular flexibility index (Phi) is 4.12. The summed E-state index contributed by atoms with van der Waals surface area (Å²) in [7, 11) is 0. The molecule has 0 unspecified atom stereocenters. The number of anilines is 1. The molecule has 0 fully saturated rings. The number of nitrogens with zero attached hydrogens (tertiary/aromatic N) is 3. The van der Waals surface area contributed by atoms with E-state index in [1.807, 2.05) is 25.1 Å². The SMILES string of the molecule is C/C(=N/Nc1ncc(Cl)cc1Cl)c1ccccn1. The van der Waals surface area contributed by atoms with Crippen LogP contribution in [-0.4, -0.2) is 15.7 Å². The van der Waals surface area contributed by atoms with E-state index in [1.54, 1.807) is 12.3 Å². The highest BCUT2D eigenvalue weighted by atomic mass is 35.5. The molecular weight excluding hydrogens is 271 g/mol. The Morgan fingerprint density at radius 2 is 2.11 bits per heavy atom. The normalized spacial score (nSPS) is 11.4. The van der Waals surface area contributed by atoms with Crippen LogP contribution in [0.4, 0.5) is 5.82 Å². The van der Waals surface area contributed by atoms with Crippen molar-refractivity contribution in [2.75, 3.05) is 5.43 Å². The maximum atomic E-state index is 5.96. The molecule has 18 heavy (non-hydrogen) atoms. The second-order valence-electron chi connectivity index (χ2n) is 3.51. The van der Waals surface area contributed by atoms with Gasteiger partial charge in [-0.1, -0.05) is 29.3 Å². The highest BCUT2D eigenvalue weighted by molar-refractivity contribution is 6.35. The van der Waals surface area contributed by atoms with Gasteiger partial charge in [-0.25, -0.2) is 4.98 Å². The molecule has 6 heteroatoms. The predicted molar refractivity (Wildman–Crippen MR) is 74.3 cm³/mol. The Bertz CT molecular complexity index is 570. The molecule has 0 saturated carbocycles. The number of hydrogen-bond acceptors (Lipinski definition) is 4. The average Bonchev–Trinajstić information content (AvgIpc) is 2.38. The minimum absolute atomic E-state index is 0.417. The summed E-state index contributed by atoms with van der Waals surface area (Å²) in [6.45, 7) is 1.85. The third-order valence-corrected chi connectivity index (χ3v) is 2.67. The highest BCUT2D eigenvalue weighted by Gasteiger charge is 2.02. The lowest BCUT2D eigenvalue weighted by atomic mass is 10.3. The largest absolute Gasteiger partial charge is 0.260 e. The van der Waals surface area contributed by atoms with E-state index in [0.29, 0.717) is 15.9 Å². The second-order valence-corrected chi connectivity index (χ2v) is 4.35. The van der Waals surface area contributed by atoms with Crippen LogP contribution in [0, 0.1) is 0 Å². The summed E-state index contributed by atoms with van der Waals surface area (Å²) in [4.78, 5) is 8.22. The van der Waals surface area contributed by atoms with Crippen molar-refractivity contribution in [1.29, 1.82) is 0 Å². The van der Waals surface area contributed by atoms with Crippen LogP contribution in [-0.2, 0) is 0 Å². The molecule has 1 N–H and O–H groups in total. The fourth-order valence-corrected chi connectivity index (χ4v) is 1.69. The van der Waals surface area contributed by atoms with Crippen LogP contribution >= 0.6 is 23.2 Å². The van der Waals surface area contributed by atoms with E-state index in [4.69, 9.17) is 23.2 Å². The van der Waals surface area contributed by atoms with Gasteiger partial charge in [0.25, 0.3) is 0 Å². The molecule has 2 heterocycles. The smallest absolute Gasteiger partial charge is 0.165 e. The Morgan fingerprint density at radius 1 is 1.28 bits per heavy atom. The number of hydrazone groups is 1. The van der Waals surface area contributed by atoms with Crippen LogP contribution in [0.25, 0.3) is 0 Å². The average molecular weight is 281 g/mol. The number of aromatic nitrogens is 2. The lowest BCUT2D eigenvalue weighted by molar-refractivity contribution is 1.20. The van der Waals surface area contributed by atoms with Gasteiger partial charge in [0.1, 0.15) is 0 Å². The lowest BCUT2D eigenvalue weighted by Gasteiger charge is -2.04. The molecule has 4 nitrogen and oxygen atoms in total. The summed E-state index contributed by atoms with van der Waals surface area (Å²) >= 11 is 11.7. The van der Waals surface area contributed by atoms with Crippen molar-refractivity contribution >= 4 is 34.7 Å². The van der Waals surface area contributed by atoms with E-state index in [0.717, 1.165) is 11.4 Å². The van der Waals surface area contributed by atoms with Crippen molar-refractivity contribution in [3.8, 4) is 0 Å². The zero-order chi connectivity index (χ0) is 13.0. The van der Waals surface area contributed by atoms with E-state index < -0.39 is 0 Å². The first kappa shape index (κ1) is 12.8. The zero-order valence-electron chi connectivity index (χ0n) is 9.56. The first-order valence-corrected chi connectivity index (χ1v) is 5.95. The molecule has 0 amide bonds. The molecule has 0 saturated heterocycles. The molecule has 0 aliphatic heterocycles. The molecule has 2 aromatic rings. The van der Waals surface area contributed by atoms with E-state index in [-0.39, 0.29) is 0 Å². The van der Waals surface area contributed by atoms with Crippen molar-refractivity contribution in [2.24, 2.45) is 5.10 Å². The molecule has 92 valence electrons. The zero-order valence-corrected chi connectivity index (χ0v) is 11.1. The standard InChI is InChI=1S/C12H10Cl2N4/c1-8(11-4-2-3-5-15-11)17-18-12-10(14)6-9(13)7-16-12/h2-7H,1H3,(H,16,18)/b17-8-. The topological polar surface area (TPSA) is 50.2 Å². The van der Waals surface area contributed by atoms with E-state index in [2.05, 4.69) is 20.5 Å². The fraction of sp³-hybridized carbons (Fsp3) is 0.0833. The third-order valence-electron chi connectivity index (χ3n) is 2.17. The number of nitrogens with one attached hydrogen (secondary N) is 1. The quantitative estimate of drug-likeness (QED) is 0.690. The molecule has 0 spiro atoms. The van der Waals surface area contributed by atoms with Gasteiger partial charge in [0.05, 0.1) is 21.5 Å². The van der Waals surface area contributed by atoms with Crippen LogP contribution in [0.2, 0.25) is 10.0 Å². The molecule has 0 radical (unpaired) electrons. The molecule has 0 atom stereocenters. The summed E-state index contributed by atoms with van der Waals surface area (Å²) in [6.07, 6.45) is 3.21. The maximum absolute atomic E-state index is 5.96. The minimum Gasteiger partial charge on any atom is -0.260 e.